The van der Waals surface area contributed by atoms with Crippen LogP contribution < -0.4 is 10.1 Å². The number of para-hydroxylation sites is 1. The van der Waals surface area contributed by atoms with Gasteiger partial charge in [-0.15, -0.1) is 0 Å². The summed E-state index contributed by atoms with van der Waals surface area (Å²) in [7, 11) is 0. The van der Waals surface area contributed by atoms with Crippen molar-refractivity contribution in [2.45, 2.75) is 19.8 Å². The lowest BCUT2D eigenvalue weighted by Gasteiger charge is -2.19. The van der Waals surface area contributed by atoms with Gasteiger partial charge in [0.1, 0.15) is 5.75 Å². The number of benzene rings is 1. The highest BCUT2D eigenvalue weighted by Gasteiger charge is 2.23. The first-order chi connectivity index (χ1) is 9.26. The van der Waals surface area contributed by atoms with Gasteiger partial charge in [0.25, 0.3) is 0 Å². The number of amides is 1. The second-order valence-electron chi connectivity index (χ2n) is 4.74. The third kappa shape index (κ3) is 3.26. The maximum Gasteiger partial charge on any atom is 0.236 e. The summed E-state index contributed by atoms with van der Waals surface area (Å²) in [6, 6.07) is 8.11. The number of rotatable bonds is 6. The number of carbonyl (C=O) groups is 1. The van der Waals surface area contributed by atoms with Crippen molar-refractivity contribution < 1.29 is 9.53 Å². The predicted octanol–water partition coefficient (Wildman–Crippen LogP) is 1.62. The van der Waals surface area contributed by atoms with Crippen LogP contribution in [-0.2, 0) is 4.79 Å². The van der Waals surface area contributed by atoms with Gasteiger partial charge in [0.15, 0.2) is 0 Å². The normalized spacial score (nSPS) is 16.8. The Bertz CT molecular complexity index is 430. The molecule has 1 amide bonds. The van der Waals surface area contributed by atoms with Gasteiger partial charge in [-0.25, -0.2) is 0 Å². The van der Waals surface area contributed by atoms with Gasteiger partial charge in [-0.1, -0.05) is 18.2 Å². The van der Waals surface area contributed by atoms with E-state index < -0.39 is 0 Å². The number of likely N-dealkylation sites (N-methyl/N-ethyl adjacent to an activating group) is 1. The molecule has 104 valence electrons. The van der Waals surface area contributed by atoms with E-state index >= 15 is 0 Å². The van der Waals surface area contributed by atoms with E-state index in [-0.39, 0.29) is 5.91 Å². The molecule has 1 aliphatic heterocycles. The lowest BCUT2D eigenvalue weighted by molar-refractivity contribution is -0.129. The van der Waals surface area contributed by atoms with E-state index in [1.165, 1.54) is 5.56 Å². The molecular formula is C15H22N2O2. The second kappa shape index (κ2) is 6.57. The third-order valence-electron chi connectivity index (χ3n) is 3.58. The van der Waals surface area contributed by atoms with E-state index in [0.29, 0.717) is 19.1 Å². The Balaban J connectivity index is 1.80. The number of carbonyl (C=O) groups excluding carboxylic acids is 1. The zero-order valence-corrected chi connectivity index (χ0v) is 11.7. The maximum atomic E-state index is 11.9. The molecule has 0 saturated heterocycles. The zero-order valence-electron chi connectivity index (χ0n) is 11.7. The van der Waals surface area contributed by atoms with Crippen molar-refractivity contribution in [3.8, 4) is 5.75 Å². The summed E-state index contributed by atoms with van der Waals surface area (Å²) < 4.78 is 5.62. The van der Waals surface area contributed by atoms with Crippen molar-refractivity contribution in [2.75, 3.05) is 32.8 Å². The van der Waals surface area contributed by atoms with Gasteiger partial charge in [-0.3, -0.25) is 4.79 Å². The number of fused-ring (bicyclic) bond motifs is 1. The Labute approximate surface area is 114 Å². The van der Waals surface area contributed by atoms with E-state index in [2.05, 4.69) is 11.4 Å². The van der Waals surface area contributed by atoms with Crippen LogP contribution in [0.3, 0.4) is 0 Å². The first-order valence-corrected chi connectivity index (χ1v) is 6.96. The van der Waals surface area contributed by atoms with E-state index in [9.17, 15) is 4.79 Å². The van der Waals surface area contributed by atoms with Crippen molar-refractivity contribution >= 4 is 5.91 Å². The fourth-order valence-corrected chi connectivity index (χ4v) is 2.44. The molecule has 0 aromatic heterocycles. The van der Waals surface area contributed by atoms with Crippen molar-refractivity contribution in [3.05, 3.63) is 29.8 Å². The standard InChI is InChI=1S/C15H22N2O2/c1-3-17(4-2)15(18)10-16-9-12-11-19-14-8-6-5-7-13(12)14/h5-8,12,16H,3-4,9-11H2,1-2H3. The first kappa shape index (κ1) is 13.9. The SMILES string of the molecule is CCN(CC)C(=O)CNCC1COc2ccccc21. The average molecular weight is 262 g/mol. The van der Waals surface area contributed by atoms with E-state index in [1.54, 1.807) is 0 Å². The number of hydrogen-bond acceptors (Lipinski definition) is 3. The van der Waals surface area contributed by atoms with Crippen LogP contribution in [0.2, 0.25) is 0 Å². The van der Waals surface area contributed by atoms with E-state index in [1.807, 2.05) is 36.9 Å². The minimum atomic E-state index is 0.164. The van der Waals surface area contributed by atoms with Crippen LogP contribution >= 0.6 is 0 Å². The van der Waals surface area contributed by atoms with Crippen molar-refractivity contribution in [1.29, 1.82) is 0 Å². The molecule has 4 nitrogen and oxygen atoms in total. The molecule has 1 aliphatic rings. The molecule has 0 aliphatic carbocycles. The highest BCUT2D eigenvalue weighted by molar-refractivity contribution is 5.78. The van der Waals surface area contributed by atoms with Crippen molar-refractivity contribution in [2.24, 2.45) is 0 Å². The monoisotopic (exact) mass is 262 g/mol. The van der Waals surface area contributed by atoms with Crippen LogP contribution in [0.15, 0.2) is 24.3 Å². The fraction of sp³-hybridized carbons (Fsp3) is 0.533. The molecule has 0 fully saturated rings. The molecule has 1 aromatic rings. The Morgan fingerprint density at radius 3 is 2.84 bits per heavy atom. The highest BCUT2D eigenvalue weighted by Crippen LogP contribution is 2.32. The molecule has 19 heavy (non-hydrogen) atoms. The Morgan fingerprint density at radius 1 is 1.37 bits per heavy atom. The molecule has 2 rings (SSSR count). The fourth-order valence-electron chi connectivity index (χ4n) is 2.44. The van der Waals surface area contributed by atoms with Crippen LogP contribution in [0.4, 0.5) is 0 Å². The molecule has 1 heterocycles. The summed E-state index contributed by atoms with van der Waals surface area (Å²) in [6.45, 7) is 7.43. The summed E-state index contributed by atoms with van der Waals surface area (Å²) in [5.74, 6) is 1.49. The van der Waals surface area contributed by atoms with Gasteiger partial charge < -0.3 is 15.0 Å². The van der Waals surface area contributed by atoms with Gasteiger partial charge in [0.2, 0.25) is 5.91 Å². The summed E-state index contributed by atoms with van der Waals surface area (Å²) in [5, 5.41) is 3.25. The number of nitrogens with zero attached hydrogens (tertiary/aromatic N) is 1. The summed E-state index contributed by atoms with van der Waals surface area (Å²) in [4.78, 5) is 13.7. The topological polar surface area (TPSA) is 41.6 Å². The van der Waals surface area contributed by atoms with Crippen LogP contribution in [0, 0.1) is 0 Å². The number of hydrogen-bond donors (Lipinski definition) is 1. The lowest BCUT2D eigenvalue weighted by Crippen LogP contribution is -2.39. The van der Waals surface area contributed by atoms with Gasteiger partial charge in [0, 0.05) is 31.1 Å². The molecule has 4 heteroatoms. The van der Waals surface area contributed by atoms with Gasteiger partial charge in [0.05, 0.1) is 13.2 Å². The Hall–Kier alpha value is -1.55. The predicted molar refractivity (Wildman–Crippen MR) is 75.5 cm³/mol. The highest BCUT2D eigenvalue weighted by atomic mass is 16.5. The average Bonchev–Trinajstić information content (AvgIpc) is 2.84. The molecule has 0 saturated carbocycles. The molecule has 1 aromatic carbocycles. The number of nitrogens with one attached hydrogen (secondary N) is 1. The minimum Gasteiger partial charge on any atom is -0.493 e. The van der Waals surface area contributed by atoms with Crippen LogP contribution in [-0.4, -0.2) is 43.6 Å². The molecule has 0 bridgehead atoms. The summed E-state index contributed by atoms with van der Waals surface area (Å²) in [6.07, 6.45) is 0. The molecule has 1 atom stereocenters. The minimum absolute atomic E-state index is 0.164. The second-order valence-corrected chi connectivity index (χ2v) is 4.74. The molecule has 1 unspecified atom stereocenters. The van der Waals surface area contributed by atoms with Gasteiger partial charge in [-0.05, 0) is 19.9 Å². The van der Waals surface area contributed by atoms with Gasteiger partial charge in [-0.2, -0.15) is 0 Å². The molecular weight excluding hydrogens is 240 g/mol. The zero-order chi connectivity index (χ0) is 13.7. The quantitative estimate of drug-likeness (QED) is 0.847. The molecule has 0 radical (unpaired) electrons. The largest absolute Gasteiger partial charge is 0.493 e. The maximum absolute atomic E-state index is 11.9. The Kier molecular flexibility index (Phi) is 4.80. The molecule has 0 spiro atoms. The van der Waals surface area contributed by atoms with Crippen LogP contribution in [0.1, 0.15) is 25.3 Å². The summed E-state index contributed by atoms with van der Waals surface area (Å²) in [5.41, 5.74) is 1.24. The third-order valence-corrected chi connectivity index (χ3v) is 3.58. The van der Waals surface area contributed by atoms with Crippen LogP contribution in [0.5, 0.6) is 5.75 Å². The van der Waals surface area contributed by atoms with Crippen molar-refractivity contribution in [3.63, 3.8) is 0 Å². The smallest absolute Gasteiger partial charge is 0.236 e. The van der Waals surface area contributed by atoms with Gasteiger partial charge >= 0.3 is 0 Å². The first-order valence-electron chi connectivity index (χ1n) is 6.96. The van der Waals surface area contributed by atoms with E-state index in [4.69, 9.17) is 4.74 Å². The van der Waals surface area contributed by atoms with Crippen molar-refractivity contribution in [1.82, 2.24) is 10.2 Å². The van der Waals surface area contributed by atoms with E-state index in [0.717, 1.165) is 25.4 Å². The lowest BCUT2D eigenvalue weighted by atomic mass is 10.0. The van der Waals surface area contributed by atoms with Crippen LogP contribution in [0.25, 0.3) is 0 Å². The number of ether oxygens (including phenoxy) is 1. The summed E-state index contributed by atoms with van der Waals surface area (Å²) >= 11 is 0. The Morgan fingerprint density at radius 2 is 2.11 bits per heavy atom. The molecule has 1 N–H and O–H groups in total.